The Bertz CT molecular complexity index is 1280. The van der Waals surface area contributed by atoms with E-state index in [9.17, 15) is 4.79 Å². The highest BCUT2D eigenvalue weighted by atomic mass is 35.5. The van der Waals surface area contributed by atoms with Crippen LogP contribution in [0.3, 0.4) is 0 Å². The number of carbonyl (C=O) groups is 1. The summed E-state index contributed by atoms with van der Waals surface area (Å²) in [4.78, 5) is 21.5. The second-order valence-electron chi connectivity index (χ2n) is 11.1. The second kappa shape index (κ2) is 15.6. The number of methoxy groups -OCH3 is 1. The number of anilines is 1. The van der Waals surface area contributed by atoms with Crippen molar-refractivity contribution in [3.63, 3.8) is 0 Å². The maximum absolute atomic E-state index is 15.2. The van der Waals surface area contributed by atoms with E-state index in [1.807, 2.05) is 19.2 Å². The van der Waals surface area contributed by atoms with Gasteiger partial charge in [0, 0.05) is 30.4 Å². The quantitative estimate of drug-likeness (QED) is 0.0906. The van der Waals surface area contributed by atoms with Gasteiger partial charge in [-0.1, -0.05) is 37.6 Å². The van der Waals surface area contributed by atoms with Crippen LogP contribution in [0.4, 0.5) is 10.1 Å². The summed E-state index contributed by atoms with van der Waals surface area (Å²) in [6, 6.07) is 8.79. The van der Waals surface area contributed by atoms with Crippen LogP contribution in [0.5, 0.6) is 11.5 Å². The Morgan fingerprint density at radius 1 is 1.19 bits per heavy atom. The second-order valence-corrected chi connectivity index (χ2v) is 11.6. The molecule has 2 fully saturated rings. The average molecular weight is 617 g/mol. The van der Waals surface area contributed by atoms with E-state index in [2.05, 4.69) is 53.2 Å². The summed E-state index contributed by atoms with van der Waals surface area (Å²) in [5.41, 5.74) is 7.79. The van der Waals surface area contributed by atoms with Crippen molar-refractivity contribution in [1.82, 2.24) is 26.1 Å². The molecule has 2 aliphatic rings. The van der Waals surface area contributed by atoms with Gasteiger partial charge in [0.05, 0.1) is 25.0 Å². The molecule has 9 nitrogen and oxygen atoms in total. The first kappa shape index (κ1) is 32.9. The van der Waals surface area contributed by atoms with Crippen molar-refractivity contribution in [2.24, 2.45) is 0 Å². The lowest BCUT2D eigenvalue weighted by Gasteiger charge is -2.29. The number of carbonyl (C=O) groups excluding carboxylic acids is 1. The summed E-state index contributed by atoms with van der Waals surface area (Å²) in [6.45, 7) is 6.14. The zero-order chi connectivity index (χ0) is 30.9. The van der Waals surface area contributed by atoms with Crippen LogP contribution < -0.4 is 31.0 Å². The largest absolute Gasteiger partial charge is 0.495 e. The fourth-order valence-electron chi connectivity index (χ4n) is 5.34. The Balaban J connectivity index is 1.47. The van der Waals surface area contributed by atoms with Gasteiger partial charge in [0.15, 0.2) is 5.75 Å². The first-order chi connectivity index (χ1) is 20.8. The van der Waals surface area contributed by atoms with Crippen molar-refractivity contribution < 1.29 is 18.8 Å². The van der Waals surface area contributed by atoms with Gasteiger partial charge in [-0.2, -0.15) is 0 Å². The molecule has 2 aromatic rings. The number of hydrogen-bond acceptors (Lipinski definition) is 8. The molecule has 1 amide bonds. The molecule has 1 heterocycles. The molecule has 11 heteroatoms. The van der Waals surface area contributed by atoms with Crippen molar-refractivity contribution >= 4 is 28.9 Å². The number of hydroxylamine groups is 1. The number of benzene rings is 2. The van der Waals surface area contributed by atoms with Crippen LogP contribution in [0.25, 0.3) is 5.70 Å². The van der Waals surface area contributed by atoms with E-state index in [-0.39, 0.29) is 18.3 Å². The lowest BCUT2D eigenvalue weighted by Crippen LogP contribution is -2.47. The molecule has 43 heavy (non-hydrogen) atoms. The number of nitrogens with one attached hydrogen (secondary N) is 4. The number of aryl methyl sites for hydroxylation is 1. The van der Waals surface area contributed by atoms with E-state index < -0.39 is 17.2 Å². The Hall–Kier alpha value is -3.05. The van der Waals surface area contributed by atoms with Crippen LogP contribution >= 0.6 is 11.6 Å². The molecule has 1 saturated heterocycles. The lowest BCUT2D eigenvalue weighted by molar-refractivity contribution is -0.118. The number of amides is 1. The zero-order valence-corrected chi connectivity index (χ0v) is 26.7. The normalized spacial score (nSPS) is 16.1. The van der Waals surface area contributed by atoms with Crippen molar-refractivity contribution in [2.75, 3.05) is 46.3 Å². The molecule has 236 valence electrons. The molecule has 2 aromatic carbocycles. The summed E-state index contributed by atoms with van der Waals surface area (Å²) in [7, 11) is 5.49. The van der Waals surface area contributed by atoms with Gasteiger partial charge < -0.3 is 30.4 Å². The number of allylic oxidation sites excluding steroid dienone is 1. The first-order valence-electron chi connectivity index (χ1n) is 15.3. The third-order valence-corrected chi connectivity index (χ3v) is 8.32. The molecular weight excluding hydrogens is 571 g/mol. The summed E-state index contributed by atoms with van der Waals surface area (Å²) in [5.74, 6) is -0.0167. The van der Waals surface area contributed by atoms with E-state index in [0.29, 0.717) is 23.6 Å². The van der Waals surface area contributed by atoms with Crippen molar-refractivity contribution in [3.8, 4) is 11.5 Å². The number of piperidine rings is 1. The number of halogens is 2. The van der Waals surface area contributed by atoms with E-state index in [1.54, 1.807) is 0 Å². The van der Waals surface area contributed by atoms with Crippen LogP contribution in [-0.4, -0.2) is 68.5 Å². The zero-order valence-electron chi connectivity index (χ0n) is 26.0. The maximum atomic E-state index is 15.2. The third-order valence-electron chi connectivity index (χ3n) is 7.93. The Kier molecular flexibility index (Phi) is 11.9. The Labute approximate surface area is 260 Å². The number of likely N-dealkylation sites (tertiary alicyclic amines) is 1. The van der Waals surface area contributed by atoms with Crippen molar-refractivity contribution in [3.05, 3.63) is 58.4 Å². The molecule has 0 bridgehead atoms. The summed E-state index contributed by atoms with van der Waals surface area (Å²) < 4.78 is 20.7. The van der Waals surface area contributed by atoms with Crippen LogP contribution in [0.1, 0.15) is 73.9 Å². The van der Waals surface area contributed by atoms with E-state index >= 15 is 4.39 Å². The SMILES string of the molecule is CCCC(Cl)N(NCNc1cc(F)c(C(=O)NC2CCN(C)CC2)cc1OC)Oc1cccc(CC)c1C(NC)=C1CC1. The number of ether oxygens (including phenoxy) is 1. The van der Waals surface area contributed by atoms with Crippen molar-refractivity contribution in [1.29, 1.82) is 0 Å². The van der Waals surface area contributed by atoms with Gasteiger partial charge in [-0.3, -0.25) is 4.79 Å². The van der Waals surface area contributed by atoms with Gasteiger partial charge in [-0.15, -0.1) is 11.6 Å². The Morgan fingerprint density at radius 2 is 1.93 bits per heavy atom. The maximum Gasteiger partial charge on any atom is 0.254 e. The van der Waals surface area contributed by atoms with Crippen LogP contribution in [0.2, 0.25) is 0 Å². The minimum Gasteiger partial charge on any atom is -0.495 e. The minimum atomic E-state index is -0.628. The molecular formula is C32H46ClFN6O3. The van der Waals surface area contributed by atoms with E-state index in [0.717, 1.165) is 62.9 Å². The molecule has 1 saturated carbocycles. The molecule has 1 aliphatic heterocycles. The summed E-state index contributed by atoms with van der Waals surface area (Å²) in [5, 5.41) is 11.0. The Morgan fingerprint density at radius 3 is 2.56 bits per heavy atom. The van der Waals surface area contributed by atoms with Crippen molar-refractivity contribution in [2.45, 2.75) is 70.3 Å². The highest BCUT2D eigenvalue weighted by Crippen LogP contribution is 2.40. The fraction of sp³-hybridized carbons (Fsp3) is 0.531. The smallest absolute Gasteiger partial charge is 0.254 e. The van der Waals surface area contributed by atoms with Gasteiger partial charge in [-0.25, -0.2) is 9.82 Å². The number of hydrazine groups is 1. The fourth-order valence-corrected chi connectivity index (χ4v) is 5.66. The molecule has 4 N–H and O–H groups in total. The van der Waals surface area contributed by atoms with Crippen LogP contribution in [-0.2, 0) is 6.42 Å². The third kappa shape index (κ3) is 8.53. The molecule has 0 radical (unpaired) electrons. The van der Waals surface area contributed by atoms with E-state index in [4.69, 9.17) is 21.2 Å². The molecule has 1 atom stereocenters. The molecule has 1 aliphatic carbocycles. The average Bonchev–Trinajstić information content (AvgIpc) is 3.84. The summed E-state index contributed by atoms with van der Waals surface area (Å²) in [6.07, 6.45) is 6.21. The molecule has 4 rings (SSSR count). The summed E-state index contributed by atoms with van der Waals surface area (Å²) >= 11 is 6.77. The topological polar surface area (TPSA) is 90.1 Å². The first-order valence-corrected chi connectivity index (χ1v) is 15.7. The van der Waals surface area contributed by atoms with Gasteiger partial charge in [-0.05, 0) is 81.9 Å². The minimum absolute atomic E-state index is 0.0249. The molecule has 0 spiro atoms. The van der Waals surface area contributed by atoms with Crippen LogP contribution in [0.15, 0.2) is 35.9 Å². The van der Waals surface area contributed by atoms with Gasteiger partial charge in [0.2, 0.25) is 0 Å². The van der Waals surface area contributed by atoms with Gasteiger partial charge in [0.25, 0.3) is 5.91 Å². The predicted molar refractivity (Wildman–Crippen MR) is 171 cm³/mol. The lowest BCUT2D eigenvalue weighted by atomic mass is 10.0. The number of hydrogen-bond donors (Lipinski definition) is 4. The van der Waals surface area contributed by atoms with Gasteiger partial charge in [0.1, 0.15) is 17.1 Å². The number of alkyl halides is 1. The number of nitrogens with zero attached hydrogens (tertiary/aromatic N) is 2. The number of rotatable bonds is 15. The highest BCUT2D eigenvalue weighted by molar-refractivity contribution is 6.20. The molecule has 1 unspecified atom stereocenters. The van der Waals surface area contributed by atoms with E-state index in [1.165, 1.54) is 35.6 Å². The van der Waals surface area contributed by atoms with Gasteiger partial charge >= 0.3 is 0 Å². The highest BCUT2D eigenvalue weighted by Gasteiger charge is 2.26. The predicted octanol–water partition coefficient (Wildman–Crippen LogP) is 5.48. The van der Waals surface area contributed by atoms with Crippen LogP contribution in [0, 0.1) is 5.82 Å². The molecule has 0 aromatic heterocycles. The monoisotopic (exact) mass is 616 g/mol. The standard InChI is InChI=1S/C32H46ClFN6O3/c1-6-9-29(33)40(43-27-11-8-10-21(7-2)30(27)31(35-3)22-12-13-22)37-20-36-26-19-25(34)24(18-28(26)42-5)32(41)38-23-14-16-39(4)17-15-23/h8,10-11,18-19,23,29,35-37H,6-7,9,12-17,20H2,1-5H3,(H,38,41).